The van der Waals surface area contributed by atoms with Crippen LogP contribution in [0.3, 0.4) is 0 Å². The molecule has 0 fully saturated rings. The Kier molecular flexibility index (Phi) is 4.39. The molecule has 0 aliphatic carbocycles. The fraction of sp³-hybridized carbons (Fsp3) is 0.385. The van der Waals surface area contributed by atoms with Crippen molar-refractivity contribution in [2.24, 2.45) is 0 Å². The molecule has 6 nitrogen and oxygen atoms in total. The van der Waals surface area contributed by atoms with Crippen LogP contribution in [0.1, 0.15) is 18.9 Å². The van der Waals surface area contributed by atoms with Crippen molar-refractivity contribution in [3.63, 3.8) is 0 Å². The first-order valence-electron chi connectivity index (χ1n) is 6.46. The molecule has 0 bridgehead atoms. The lowest BCUT2D eigenvalue weighted by molar-refractivity contribution is 0.562. The number of aromatic nitrogens is 3. The van der Waals surface area contributed by atoms with E-state index in [4.69, 9.17) is 0 Å². The molecule has 0 saturated carbocycles. The second-order valence-electron chi connectivity index (χ2n) is 4.46. The van der Waals surface area contributed by atoms with Crippen LogP contribution in [0, 0.1) is 0 Å². The molecule has 7 heteroatoms. The first kappa shape index (κ1) is 14.5. The Bertz CT molecular complexity index is 717. The molecule has 1 aromatic heterocycles. The summed E-state index contributed by atoms with van der Waals surface area (Å²) in [7, 11) is -3.53. The second-order valence-corrected chi connectivity index (χ2v) is 6.47. The van der Waals surface area contributed by atoms with Crippen LogP contribution in [-0.2, 0) is 22.8 Å². The van der Waals surface area contributed by atoms with Gasteiger partial charge in [-0.25, -0.2) is 18.3 Å². The number of benzene rings is 1. The number of nitrogens with zero attached hydrogens (tertiary/aromatic N) is 2. The van der Waals surface area contributed by atoms with E-state index in [1.165, 1.54) is 0 Å². The fourth-order valence-corrected chi connectivity index (χ4v) is 3.46. The Hall–Kier alpha value is -1.89. The van der Waals surface area contributed by atoms with Crippen LogP contribution < -0.4 is 5.69 Å². The number of sulfone groups is 1. The van der Waals surface area contributed by atoms with Crippen LogP contribution in [0.2, 0.25) is 0 Å². The minimum atomic E-state index is -3.53. The lowest BCUT2D eigenvalue weighted by atomic mass is 10.1. The van der Waals surface area contributed by atoms with E-state index in [0.29, 0.717) is 12.8 Å². The summed E-state index contributed by atoms with van der Waals surface area (Å²) in [5.74, 6) is -0.0216. The summed E-state index contributed by atoms with van der Waals surface area (Å²) in [6.45, 7) is 1.99. The molecular formula is C13H17N3O3S. The van der Waals surface area contributed by atoms with Gasteiger partial charge in [0.25, 0.3) is 0 Å². The number of hydrogen-bond acceptors (Lipinski definition) is 4. The molecule has 0 radical (unpaired) electrons. The van der Waals surface area contributed by atoms with Crippen molar-refractivity contribution < 1.29 is 8.42 Å². The zero-order chi connectivity index (χ0) is 14.6. The van der Waals surface area contributed by atoms with Crippen LogP contribution in [0.15, 0.2) is 40.3 Å². The van der Waals surface area contributed by atoms with Crippen molar-refractivity contribution in [1.82, 2.24) is 14.8 Å². The molecule has 0 aliphatic heterocycles. The number of aryl methyl sites for hydroxylation is 1. The predicted octanol–water partition coefficient (Wildman–Crippen LogP) is 0.998. The van der Waals surface area contributed by atoms with Crippen molar-refractivity contribution in [2.45, 2.75) is 31.5 Å². The first-order valence-corrected chi connectivity index (χ1v) is 8.11. The molecule has 1 aromatic carbocycles. The third-order valence-corrected chi connectivity index (χ3v) is 4.73. The van der Waals surface area contributed by atoms with Gasteiger partial charge in [-0.3, -0.25) is 4.57 Å². The molecule has 108 valence electrons. The first-order chi connectivity index (χ1) is 9.54. The van der Waals surface area contributed by atoms with E-state index in [-0.39, 0.29) is 17.5 Å². The van der Waals surface area contributed by atoms with Crippen molar-refractivity contribution >= 4 is 9.84 Å². The average Bonchev–Trinajstić information content (AvgIpc) is 2.81. The molecule has 0 aliphatic rings. The van der Waals surface area contributed by atoms with Gasteiger partial charge in [-0.2, -0.15) is 0 Å². The third kappa shape index (κ3) is 3.16. The van der Waals surface area contributed by atoms with Crippen LogP contribution in [0.5, 0.6) is 0 Å². The number of rotatable bonds is 6. The largest absolute Gasteiger partial charge is 0.344 e. The minimum absolute atomic E-state index is 0.0216. The number of nitrogens with one attached hydrogen (secondary N) is 1. The number of hydrogen-bond donors (Lipinski definition) is 1. The monoisotopic (exact) mass is 295 g/mol. The summed E-state index contributed by atoms with van der Waals surface area (Å²) in [6.07, 6.45) is 1.18. The van der Waals surface area contributed by atoms with Crippen molar-refractivity contribution in [3.05, 3.63) is 46.4 Å². The molecule has 0 saturated heterocycles. The topological polar surface area (TPSA) is 84.8 Å². The Balaban J connectivity index is 2.06. The van der Waals surface area contributed by atoms with Gasteiger partial charge in [0.05, 0.1) is 5.75 Å². The summed E-state index contributed by atoms with van der Waals surface area (Å²) >= 11 is 0. The third-order valence-electron chi connectivity index (χ3n) is 3.04. The van der Waals surface area contributed by atoms with E-state index >= 15 is 0 Å². The SMILES string of the molecule is CCn1c(S(=O)(=O)CCCc2ccccc2)n[nH]c1=O. The van der Waals surface area contributed by atoms with E-state index < -0.39 is 15.5 Å². The maximum absolute atomic E-state index is 12.2. The highest BCUT2D eigenvalue weighted by atomic mass is 32.2. The summed E-state index contributed by atoms with van der Waals surface area (Å²) in [6, 6.07) is 9.69. The van der Waals surface area contributed by atoms with E-state index in [1.54, 1.807) is 6.92 Å². The summed E-state index contributed by atoms with van der Waals surface area (Å²) in [4.78, 5) is 11.4. The summed E-state index contributed by atoms with van der Waals surface area (Å²) in [5.41, 5.74) is 0.603. The molecule has 0 unspecified atom stereocenters. The van der Waals surface area contributed by atoms with Gasteiger partial charge >= 0.3 is 5.69 Å². The van der Waals surface area contributed by atoms with E-state index in [2.05, 4.69) is 10.2 Å². The number of H-pyrrole nitrogens is 1. The van der Waals surface area contributed by atoms with Crippen LogP contribution >= 0.6 is 0 Å². The fourth-order valence-electron chi connectivity index (χ4n) is 2.02. The van der Waals surface area contributed by atoms with E-state index in [9.17, 15) is 13.2 Å². The van der Waals surface area contributed by atoms with Gasteiger partial charge in [0.1, 0.15) is 0 Å². The summed E-state index contributed by atoms with van der Waals surface area (Å²) < 4.78 is 25.5. The zero-order valence-electron chi connectivity index (χ0n) is 11.2. The molecule has 2 aromatic rings. The van der Waals surface area contributed by atoms with Gasteiger partial charge < -0.3 is 0 Å². The highest BCUT2D eigenvalue weighted by Crippen LogP contribution is 2.09. The molecule has 0 amide bonds. The Morgan fingerprint density at radius 1 is 1.25 bits per heavy atom. The lowest BCUT2D eigenvalue weighted by Gasteiger charge is -2.04. The Labute approximate surface area is 117 Å². The zero-order valence-corrected chi connectivity index (χ0v) is 12.1. The molecule has 1 N–H and O–H groups in total. The highest BCUT2D eigenvalue weighted by Gasteiger charge is 2.22. The van der Waals surface area contributed by atoms with Gasteiger partial charge in [-0.05, 0) is 25.3 Å². The quantitative estimate of drug-likeness (QED) is 0.861. The maximum atomic E-state index is 12.2. The van der Waals surface area contributed by atoms with Gasteiger partial charge in [-0.15, -0.1) is 5.10 Å². The molecule has 0 atom stereocenters. The van der Waals surface area contributed by atoms with Crippen molar-refractivity contribution in [2.75, 3.05) is 5.75 Å². The Morgan fingerprint density at radius 2 is 1.95 bits per heavy atom. The lowest BCUT2D eigenvalue weighted by Crippen LogP contribution is -2.21. The molecule has 0 spiro atoms. The van der Waals surface area contributed by atoms with Crippen molar-refractivity contribution in [1.29, 1.82) is 0 Å². The van der Waals surface area contributed by atoms with Crippen LogP contribution in [0.25, 0.3) is 0 Å². The second kappa shape index (κ2) is 6.04. The van der Waals surface area contributed by atoms with Gasteiger partial charge in [0.2, 0.25) is 15.0 Å². The number of aromatic amines is 1. The standard InChI is InChI=1S/C13H17N3O3S/c1-2-16-12(17)14-15-13(16)20(18,19)10-6-9-11-7-4-3-5-8-11/h3-5,7-8H,2,6,9-10H2,1H3,(H,14,17). The highest BCUT2D eigenvalue weighted by molar-refractivity contribution is 7.91. The van der Waals surface area contributed by atoms with Crippen molar-refractivity contribution in [3.8, 4) is 0 Å². The molecule has 2 rings (SSSR count). The van der Waals surface area contributed by atoms with E-state index in [1.807, 2.05) is 30.3 Å². The van der Waals surface area contributed by atoms with Gasteiger partial charge in [0.15, 0.2) is 0 Å². The molecular weight excluding hydrogens is 278 g/mol. The normalized spacial score (nSPS) is 11.7. The van der Waals surface area contributed by atoms with Gasteiger partial charge in [0, 0.05) is 6.54 Å². The minimum Gasteiger partial charge on any atom is -0.266 e. The smallest absolute Gasteiger partial charge is 0.266 e. The van der Waals surface area contributed by atoms with E-state index in [0.717, 1.165) is 10.1 Å². The van der Waals surface area contributed by atoms with Crippen LogP contribution in [-0.4, -0.2) is 28.9 Å². The average molecular weight is 295 g/mol. The van der Waals surface area contributed by atoms with Crippen LogP contribution in [0.4, 0.5) is 0 Å². The maximum Gasteiger partial charge on any atom is 0.344 e. The Morgan fingerprint density at radius 3 is 2.60 bits per heavy atom. The predicted molar refractivity (Wildman–Crippen MR) is 75.3 cm³/mol. The molecule has 20 heavy (non-hydrogen) atoms. The summed E-state index contributed by atoms with van der Waals surface area (Å²) in [5, 5.41) is 5.63. The van der Waals surface area contributed by atoms with Gasteiger partial charge in [-0.1, -0.05) is 30.3 Å². The molecule has 1 heterocycles.